The summed E-state index contributed by atoms with van der Waals surface area (Å²) >= 11 is 0. The summed E-state index contributed by atoms with van der Waals surface area (Å²) in [7, 11) is 1.61. The van der Waals surface area contributed by atoms with Crippen molar-refractivity contribution in [3.05, 3.63) is 12.2 Å². The van der Waals surface area contributed by atoms with E-state index in [1.165, 1.54) is 25.7 Å². The zero-order valence-corrected chi connectivity index (χ0v) is 16.6. The van der Waals surface area contributed by atoms with Crippen LogP contribution in [0.1, 0.15) is 59.3 Å². The average molecular weight is 354 g/mol. The fraction of sp³-hybridized carbons (Fsp3) is 0.882. The first-order valence-electron chi connectivity index (χ1n) is 7.95. The first-order valence-corrected chi connectivity index (χ1v) is 7.95. The Kier molecular flexibility index (Phi) is 10.6. The molecule has 2 saturated carbocycles. The summed E-state index contributed by atoms with van der Waals surface area (Å²) in [6.07, 6.45) is 7.37. The van der Waals surface area contributed by atoms with Crippen LogP contribution >= 0.6 is 0 Å². The fourth-order valence-corrected chi connectivity index (χ4v) is 4.09. The Morgan fingerprint density at radius 3 is 2.30 bits per heavy atom. The van der Waals surface area contributed by atoms with Crippen LogP contribution in [0.4, 0.5) is 0 Å². The summed E-state index contributed by atoms with van der Waals surface area (Å²) in [5.41, 5.74) is 0. The maximum atomic E-state index is 11.2. The molecule has 2 aliphatic rings. The number of hydrogen-bond donors (Lipinski definition) is 0. The van der Waals surface area contributed by atoms with E-state index in [2.05, 4.69) is 26.1 Å². The van der Waals surface area contributed by atoms with Gasteiger partial charge in [0.25, 0.3) is 0 Å². The van der Waals surface area contributed by atoms with Gasteiger partial charge in [-0.2, -0.15) is 6.92 Å². The Hall–Kier alpha value is 0.574. The van der Waals surface area contributed by atoms with E-state index in [4.69, 9.17) is 0 Å². The van der Waals surface area contributed by atoms with E-state index in [1.807, 2.05) is 0 Å². The summed E-state index contributed by atoms with van der Waals surface area (Å²) in [6.45, 7) is 9.79. The molecule has 2 rings (SSSR count). The molecule has 2 aliphatic carbocycles. The van der Waals surface area contributed by atoms with Crippen LogP contribution in [0.25, 0.3) is 5.32 Å². The Bertz CT molecular complexity index is 276. The van der Waals surface area contributed by atoms with Crippen molar-refractivity contribution in [1.82, 2.24) is 0 Å². The van der Waals surface area contributed by atoms with Crippen LogP contribution in [0, 0.1) is 36.5 Å². The van der Waals surface area contributed by atoms with Crippen molar-refractivity contribution < 1.29 is 37.5 Å². The van der Waals surface area contributed by atoms with E-state index in [0.717, 1.165) is 36.0 Å². The minimum atomic E-state index is 0. The van der Waals surface area contributed by atoms with Gasteiger partial charge in [-0.15, -0.1) is 7.05 Å². The Labute approximate surface area is 151 Å². The van der Waals surface area contributed by atoms with Gasteiger partial charge in [-0.1, -0.05) is 13.8 Å². The molecule has 0 heterocycles. The molecule has 1 radical (unpaired) electrons. The van der Waals surface area contributed by atoms with Crippen molar-refractivity contribution in [2.45, 2.75) is 59.3 Å². The zero-order valence-electron chi connectivity index (χ0n) is 13.8. The summed E-state index contributed by atoms with van der Waals surface area (Å²) in [5, 5.41) is 3.73. The van der Waals surface area contributed by atoms with Crippen molar-refractivity contribution in [3.8, 4) is 0 Å². The maximum absolute atomic E-state index is 11.2. The first-order chi connectivity index (χ1) is 9.11. The van der Waals surface area contributed by atoms with Crippen molar-refractivity contribution in [1.29, 1.82) is 0 Å². The summed E-state index contributed by atoms with van der Waals surface area (Å²) in [5.74, 6) is 4.60. The monoisotopic (exact) mass is 354 g/mol. The van der Waals surface area contributed by atoms with E-state index < -0.39 is 0 Å². The molecule has 0 unspecified atom stereocenters. The molecular weight excluding hydrogens is 323 g/mol. The molecule has 0 saturated heterocycles. The van der Waals surface area contributed by atoms with Gasteiger partial charge in [0, 0.05) is 32.7 Å². The minimum absolute atomic E-state index is 0. The van der Waals surface area contributed by atoms with Gasteiger partial charge < -0.3 is 17.0 Å². The third-order valence-corrected chi connectivity index (χ3v) is 5.28. The van der Waals surface area contributed by atoms with Gasteiger partial charge in [-0.25, -0.2) is 0 Å². The molecule has 0 aromatic rings. The van der Waals surface area contributed by atoms with Crippen LogP contribution in [0.15, 0.2) is 0 Å². The molecule has 115 valence electrons. The average Bonchev–Trinajstić information content (AvgIpc) is 2.76. The second-order valence-corrected chi connectivity index (χ2v) is 6.35. The first kappa shape index (κ1) is 20.6. The molecule has 0 aliphatic heterocycles. The fourth-order valence-electron chi connectivity index (χ4n) is 4.09. The normalized spacial score (nSPS) is 35.1. The molecule has 0 aromatic heterocycles. The van der Waals surface area contributed by atoms with Gasteiger partial charge in [0.1, 0.15) is 0 Å². The predicted molar refractivity (Wildman–Crippen MR) is 81.8 cm³/mol. The standard InChI is InChI=1S/C15H27NO.C2H5.Y/c1-10-8-13(9-10)14-6-4-12(11(14)2)5-7-15(17)16-3;1-2;/h10-14H,4-9H2,1-3H3,(H,16,17);1H2,2H3;/q;-1;/p-1/t10?,11-,12+,13?,14+;;/m0../s1. The van der Waals surface area contributed by atoms with Gasteiger partial charge in [-0.05, 0) is 68.1 Å². The topological polar surface area (TPSA) is 31.2 Å². The molecule has 0 aromatic carbocycles. The molecule has 3 atom stereocenters. The summed E-state index contributed by atoms with van der Waals surface area (Å²) in [4.78, 5) is 11.2. The number of rotatable bonds is 4. The van der Waals surface area contributed by atoms with Crippen molar-refractivity contribution >= 4 is 5.91 Å². The zero-order chi connectivity index (χ0) is 14.4. The van der Waals surface area contributed by atoms with Gasteiger partial charge in [0.2, 0.25) is 0 Å². The number of nitrogens with zero attached hydrogens (tertiary/aromatic N) is 1. The van der Waals surface area contributed by atoms with Crippen molar-refractivity contribution in [2.75, 3.05) is 7.05 Å². The van der Waals surface area contributed by atoms with Crippen LogP contribution in [-0.2, 0) is 37.5 Å². The Morgan fingerprint density at radius 1 is 1.20 bits per heavy atom. The van der Waals surface area contributed by atoms with Gasteiger partial charge in [0.05, 0.1) is 5.91 Å². The quantitative estimate of drug-likeness (QED) is 0.665. The van der Waals surface area contributed by atoms with Gasteiger partial charge in [-0.3, -0.25) is 0 Å². The molecule has 2 fully saturated rings. The third-order valence-electron chi connectivity index (χ3n) is 5.28. The molecule has 2 nitrogen and oxygen atoms in total. The Balaban J connectivity index is 0.00000115. The number of carbonyl (C=O) groups is 1. The van der Waals surface area contributed by atoms with Crippen LogP contribution in [0.3, 0.4) is 0 Å². The summed E-state index contributed by atoms with van der Waals surface area (Å²) < 4.78 is 0. The molecule has 20 heavy (non-hydrogen) atoms. The minimum Gasteiger partial charge on any atom is -0.656 e. The summed E-state index contributed by atoms with van der Waals surface area (Å²) in [6, 6.07) is 0. The van der Waals surface area contributed by atoms with E-state index in [-0.39, 0.29) is 38.6 Å². The molecule has 1 amide bonds. The number of amides is 1. The molecule has 3 heteroatoms. The van der Waals surface area contributed by atoms with E-state index in [9.17, 15) is 4.79 Å². The van der Waals surface area contributed by atoms with Gasteiger partial charge >= 0.3 is 0 Å². The smallest absolute Gasteiger partial charge is 0.0509 e. The number of hydrogen-bond acceptors (Lipinski definition) is 1. The van der Waals surface area contributed by atoms with Gasteiger partial charge in [0.15, 0.2) is 0 Å². The largest absolute Gasteiger partial charge is 0.656 e. The molecular formula is C17H31NOY-2. The molecule has 0 spiro atoms. The number of carbonyl (C=O) groups excluding carboxylic acids is 1. The van der Waals surface area contributed by atoms with Crippen LogP contribution in [-0.4, -0.2) is 13.0 Å². The molecule has 0 N–H and O–H groups in total. The molecule has 0 bridgehead atoms. The Morgan fingerprint density at radius 2 is 1.80 bits per heavy atom. The van der Waals surface area contributed by atoms with E-state index >= 15 is 0 Å². The van der Waals surface area contributed by atoms with Crippen molar-refractivity contribution in [3.63, 3.8) is 0 Å². The van der Waals surface area contributed by atoms with Crippen LogP contribution < -0.4 is 0 Å². The SMILES string of the molecule is C[N-]C(=O)CC[C@H]1CC[C@@H](C2CC(C)C2)[C@H]1C.[CH2-]C.[Y]. The second kappa shape index (κ2) is 10.3. The predicted octanol–water partition coefficient (Wildman–Crippen LogP) is 4.84. The second-order valence-electron chi connectivity index (χ2n) is 6.35. The van der Waals surface area contributed by atoms with Crippen molar-refractivity contribution in [2.24, 2.45) is 29.6 Å². The van der Waals surface area contributed by atoms with E-state index in [0.29, 0.717) is 6.42 Å². The maximum Gasteiger partial charge on any atom is 0.0509 e. The van der Waals surface area contributed by atoms with Crippen LogP contribution in [0.5, 0.6) is 0 Å². The van der Waals surface area contributed by atoms with Crippen LogP contribution in [0.2, 0.25) is 0 Å². The van der Waals surface area contributed by atoms with E-state index in [1.54, 1.807) is 14.0 Å². The third kappa shape index (κ3) is 5.41.